The molecule has 1 N–H and O–H groups in total. The molecular formula is C21H23ClN2O4S. The van der Waals surface area contributed by atoms with Gasteiger partial charge in [-0.1, -0.05) is 29.8 Å². The van der Waals surface area contributed by atoms with Crippen molar-refractivity contribution >= 4 is 39.0 Å². The topological polar surface area (TPSA) is 83.6 Å². The average molecular weight is 435 g/mol. The van der Waals surface area contributed by atoms with Crippen molar-refractivity contribution in [3.63, 3.8) is 0 Å². The van der Waals surface area contributed by atoms with Crippen LogP contribution in [0.25, 0.3) is 0 Å². The van der Waals surface area contributed by atoms with Crippen molar-refractivity contribution in [1.29, 1.82) is 0 Å². The van der Waals surface area contributed by atoms with E-state index in [-0.39, 0.29) is 35.6 Å². The first-order chi connectivity index (χ1) is 13.7. The second-order valence-electron chi connectivity index (χ2n) is 7.16. The Morgan fingerprint density at radius 2 is 1.76 bits per heavy atom. The van der Waals surface area contributed by atoms with Crippen LogP contribution in [0.15, 0.2) is 47.4 Å². The van der Waals surface area contributed by atoms with Crippen LogP contribution < -0.4 is 5.32 Å². The smallest absolute Gasteiger partial charge is 0.243 e. The fourth-order valence-electron chi connectivity index (χ4n) is 3.36. The van der Waals surface area contributed by atoms with E-state index in [1.165, 1.54) is 23.4 Å². The van der Waals surface area contributed by atoms with Crippen LogP contribution in [0.2, 0.25) is 5.02 Å². The van der Waals surface area contributed by atoms with Gasteiger partial charge in [0.05, 0.1) is 4.90 Å². The minimum atomic E-state index is -3.71. The van der Waals surface area contributed by atoms with Gasteiger partial charge in [-0.25, -0.2) is 8.42 Å². The summed E-state index contributed by atoms with van der Waals surface area (Å²) < 4.78 is 27.2. The number of halogens is 1. The van der Waals surface area contributed by atoms with Gasteiger partial charge < -0.3 is 5.32 Å². The Labute approximate surface area is 175 Å². The van der Waals surface area contributed by atoms with E-state index in [1.54, 1.807) is 30.3 Å². The number of carbonyl (C=O) groups excluding carboxylic acids is 2. The molecule has 6 nitrogen and oxygen atoms in total. The van der Waals surface area contributed by atoms with Gasteiger partial charge in [0.2, 0.25) is 15.9 Å². The van der Waals surface area contributed by atoms with E-state index in [9.17, 15) is 18.0 Å². The Morgan fingerprint density at radius 3 is 2.41 bits per heavy atom. The summed E-state index contributed by atoms with van der Waals surface area (Å²) >= 11 is 6.10. The van der Waals surface area contributed by atoms with E-state index in [0.717, 1.165) is 5.56 Å². The molecular weight excluding hydrogens is 412 g/mol. The van der Waals surface area contributed by atoms with Crippen LogP contribution in [0, 0.1) is 12.8 Å². The maximum absolute atomic E-state index is 12.9. The van der Waals surface area contributed by atoms with Crippen LogP contribution >= 0.6 is 11.6 Å². The fraction of sp³-hybridized carbons (Fsp3) is 0.333. The molecule has 1 heterocycles. The molecule has 0 bridgehead atoms. The zero-order valence-electron chi connectivity index (χ0n) is 16.3. The highest BCUT2D eigenvalue weighted by Gasteiger charge is 2.32. The molecule has 1 amide bonds. The molecule has 0 aliphatic carbocycles. The van der Waals surface area contributed by atoms with Crippen molar-refractivity contribution in [2.75, 3.05) is 18.4 Å². The van der Waals surface area contributed by atoms with Crippen molar-refractivity contribution in [3.8, 4) is 0 Å². The van der Waals surface area contributed by atoms with Crippen LogP contribution in [-0.4, -0.2) is 37.5 Å². The van der Waals surface area contributed by atoms with E-state index in [4.69, 9.17) is 11.6 Å². The monoisotopic (exact) mass is 434 g/mol. The van der Waals surface area contributed by atoms with Crippen molar-refractivity contribution < 1.29 is 18.0 Å². The van der Waals surface area contributed by atoms with Crippen LogP contribution in [-0.2, 0) is 14.8 Å². The molecule has 0 saturated carbocycles. The minimum absolute atomic E-state index is 0.0997. The number of nitrogens with one attached hydrogen (secondary N) is 1. The zero-order chi connectivity index (χ0) is 21.2. The molecule has 1 saturated heterocycles. The van der Waals surface area contributed by atoms with Crippen molar-refractivity contribution in [3.05, 3.63) is 58.6 Å². The van der Waals surface area contributed by atoms with Crippen molar-refractivity contribution in [1.82, 2.24) is 4.31 Å². The van der Waals surface area contributed by atoms with Crippen LogP contribution in [0.4, 0.5) is 5.69 Å². The third-order valence-corrected chi connectivity index (χ3v) is 7.53. The summed E-state index contributed by atoms with van der Waals surface area (Å²) in [5, 5.41) is 3.48. The van der Waals surface area contributed by atoms with E-state index in [0.29, 0.717) is 29.1 Å². The Morgan fingerprint density at radius 1 is 1.10 bits per heavy atom. The van der Waals surface area contributed by atoms with Gasteiger partial charge in [0.25, 0.3) is 0 Å². The number of hydrogen-bond donors (Lipinski definition) is 1. The predicted molar refractivity (Wildman–Crippen MR) is 113 cm³/mol. The molecule has 0 aromatic heterocycles. The predicted octanol–water partition coefficient (Wildman–Crippen LogP) is 3.89. The number of benzene rings is 2. The molecule has 8 heteroatoms. The average Bonchev–Trinajstić information content (AvgIpc) is 2.71. The van der Waals surface area contributed by atoms with Crippen LogP contribution in [0.1, 0.15) is 35.7 Å². The lowest BCUT2D eigenvalue weighted by atomic mass is 9.97. The second kappa shape index (κ2) is 8.65. The standard InChI is InChI=1S/C21H23ClN2O4S/c1-14-19(22)7-4-8-20(14)23-21(26)16-9-11-24(12-10-16)29(27,28)18-6-3-5-17(13-18)15(2)25/h3-8,13,16H,9-12H2,1-2H3,(H,23,26). The quantitative estimate of drug-likeness (QED) is 0.723. The number of nitrogens with zero attached hydrogens (tertiary/aromatic N) is 1. The molecule has 1 aliphatic heterocycles. The van der Waals surface area contributed by atoms with E-state index in [2.05, 4.69) is 5.32 Å². The zero-order valence-corrected chi connectivity index (χ0v) is 17.9. The highest BCUT2D eigenvalue weighted by molar-refractivity contribution is 7.89. The minimum Gasteiger partial charge on any atom is -0.326 e. The number of sulfonamides is 1. The number of amides is 1. The third kappa shape index (κ3) is 4.69. The molecule has 3 rings (SSSR count). The first kappa shape index (κ1) is 21.5. The lowest BCUT2D eigenvalue weighted by molar-refractivity contribution is -0.120. The third-order valence-electron chi connectivity index (χ3n) is 5.23. The molecule has 0 spiro atoms. The number of hydrogen-bond acceptors (Lipinski definition) is 4. The molecule has 2 aromatic carbocycles. The normalized spacial score (nSPS) is 15.8. The maximum Gasteiger partial charge on any atom is 0.243 e. The first-order valence-corrected chi connectivity index (χ1v) is 11.2. The number of piperidine rings is 1. The van der Waals surface area contributed by atoms with E-state index in [1.807, 2.05) is 6.92 Å². The molecule has 154 valence electrons. The second-order valence-corrected chi connectivity index (χ2v) is 9.51. The summed E-state index contributed by atoms with van der Waals surface area (Å²) in [5.41, 5.74) is 1.82. The molecule has 1 aliphatic rings. The van der Waals surface area contributed by atoms with Gasteiger partial charge in [-0.05, 0) is 56.5 Å². The fourth-order valence-corrected chi connectivity index (χ4v) is 5.05. The van der Waals surface area contributed by atoms with E-state index >= 15 is 0 Å². The summed E-state index contributed by atoms with van der Waals surface area (Å²) in [6.07, 6.45) is 0.855. The van der Waals surface area contributed by atoms with Gasteiger partial charge in [0, 0.05) is 35.3 Å². The van der Waals surface area contributed by atoms with E-state index < -0.39 is 10.0 Å². The Balaban J connectivity index is 1.66. The number of ketones is 1. The summed E-state index contributed by atoms with van der Waals surface area (Å²) in [5.74, 6) is -0.594. The molecule has 1 fully saturated rings. The molecule has 0 atom stereocenters. The summed E-state index contributed by atoms with van der Waals surface area (Å²) in [6, 6.07) is 11.4. The van der Waals surface area contributed by atoms with Crippen LogP contribution in [0.3, 0.4) is 0 Å². The summed E-state index contributed by atoms with van der Waals surface area (Å²) in [7, 11) is -3.71. The van der Waals surface area contributed by atoms with Gasteiger partial charge in [-0.15, -0.1) is 0 Å². The summed E-state index contributed by atoms with van der Waals surface area (Å²) in [4.78, 5) is 24.3. The van der Waals surface area contributed by atoms with Gasteiger partial charge in [0.1, 0.15) is 0 Å². The number of anilines is 1. The number of Topliss-reactive ketones (excluding diaryl/α,β-unsaturated/α-hetero) is 1. The largest absolute Gasteiger partial charge is 0.326 e. The highest BCUT2D eigenvalue weighted by Crippen LogP contribution is 2.27. The van der Waals surface area contributed by atoms with Crippen LogP contribution in [0.5, 0.6) is 0 Å². The molecule has 0 unspecified atom stereocenters. The maximum atomic E-state index is 12.9. The number of rotatable bonds is 5. The Bertz CT molecular complexity index is 1040. The van der Waals surface area contributed by atoms with Gasteiger partial charge in [-0.3, -0.25) is 9.59 Å². The Hall–Kier alpha value is -2.22. The molecule has 29 heavy (non-hydrogen) atoms. The van der Waals surface area contributed by atoms with Gasteiger partial charge >= 0.3 is 0 Å². The molecule has 0 radical (unpaired) electrons. The SMILES string of the molecule is CC(=O)c1cccc(S(=O)(=O)N2CCC(C(=O)Nc3cccc(Cl)c3C)CC2)c1. The lowest BCUT2D eigenvalue weighted by Gasteiger charge is -2.30. The van der Waals surface area contributed by atoms with Crippen molar-refractivity contribution in [2.45, 2.75) is 31.6 Å². The van der Waals surface area contributed by atoms with Crippen molar-refractivity contribution in [2.24, 2.45) is 5.92 Å². The molecule has 2 aromatic rings. The van der Waals surface area contributed by atoms with Gasteiger partial charge in [0.15, 0.2) is 5.78 Å². The Kier molecular flexibility index (Phi) is 6.41. The highest BCUT2D eigenvalue weighted by atomic mass is 35.5. The lowest BCUT2D eigenvalue weighted by Crippen LogP contribution is -2.41. The first-order valence-electron chi connectivity index (χ1n) is 9.37. The summed E-state index contributed by atoms with van der Waals surface area (Å²) in [6.45, 7) is 3.73. The number of carbonyl (C=O) groups is 2. The van der Waals surface area contributed by atoms with Gasteiger partial charge in [-0.2, -0.15) is 4.31 Å².